The second-order valence-corrected chi connectivity index (χ2v) is 6.20. The molecule has 0 heterocycles. The molecule has 0 aliphatic carbocycles. The van der Waals surface area contributed by atoms with Gasteiger partial charge in [-0.15, -0.1) is 0 Å². The number of halogens is 2. The van der Waals surface area contributed by atoms with E-state index in [1.54, 1.807) is 12.1 Å². The smallest absolute Gasteiger partial charge is 0.267 e. The van der Waals surface area contributed by atoms with E-state index < -0.39 is 0 Å². The van der Waals surface area contributed by atoms with Crippen LogP contribution in [0.5, 0.6) is 0 Å². The number of carbonyl (C=O) groups is 1. The monoisotopic (exact) mass is 408 g/mol. The summed E-state index contributed by atoms with van der Waals surface area (Å²) in [4.78, 5) is 12.1. The van der Waals surface area contributed by atoms with Crippen molar-refractivity contribution in [3.8, 4) is 0 Å². The first-order valence-electron chi connectivity index (χ1n) is 6.48. The van der Waals surface area contributed by atoms with E-state index in [4.69, 9.17) is 0 Å². The molecular weight excluding hydrogens is 396 g/mol. The molecule has 2 aromatic rings. The molecule has 2 aromatic carbocycles. The molecule has 0 unspecified atom stereocenters. The number of nitrogens with one attached hydrogen (secondary N) is 1. The average Bonchev–Trinajstić information content (AvgIpc) is 2.49. The molecular formula is C16H14Br2N2O. The number of benzene rings is 2. The first-order chi connectivity index (χ1) is 10.1. The van der Waals surface area contributed by atoms with Crippen molar-refractivity contribution in [2.24, 2.45) is 5.10 Å². The Morgan fingerprint density at radius 1 is 1.05 bits per heavy atom. The largest absolute Gasteiger partial charge is 0.271 e. The van der Waals surface area contributed by atoms with Crippen LogP contribution in [0.25, 0.3) is 0 Å². The van der Waals surface area contributed by atoms with Gasteiger partial charge in [0.1, 0.15) is 0 Å². The number of hydrazone groups is 1. The van der Waals surface area contributed by atoms with E-state index in [1.807, 2.05) is 43.3 Å². The highest BCUT2D eigenvalue weighted by Crippen LogP contribution is 2.13. The molecule has 108 valence electrons. The van der Waals surface area contributed by atoms with Crippen LogP contribution in [-0.4, -0.2) is 11.6 Å². The number of rotatable bonds is 4. The van der Waals surface area contributed by atoms with Gasteiger partial charge in [0.25, 0.3) is 5.91 Å². The van der Waals surface area contributed by atoms with Crippen LogP contribution in [0.15, 0.2) is 62.6 Å². The van der Waals surface area contributed by atoms with Gasteiger partial charge in [-0.05, 0) is 42.3 Å². The van der Waals surface area contributed by atoms with Gasteiger partial charge in [0.2, 0.25) is 0 Å². The average molecular weight is 410 g/mol. The molecule has 0 spiro atoms. The highest BCUT2D eigenvalue weighted by molar-refractivity contribution is 9.10. The molecule has 0 saturated heterocycles. The Labute approximate surface area is 140 Å². The zero-order valence-corrected chi connectivity index (χ0v) is 14.6. The minimum absolute atomic E-state index is 0.223. The van der Waals surface area contributed by atoms with Crippen molar-refractivity contribution < 1.29 is 4.79 Å². The highest BCUT2D eigenvalue weighted by Gasteiger charge is 2.06. The van der Waals surface area contributed by atoms with Crippen molar-refractivity contribution in [1.29, 1.82) is 0 Å². The van der Waals surface area contributed by atoms with E-state index in [9.17, 15) is 4.79 Å². The van der Waals surface area contributed by atoms with Crippen molar-refractivity contribution >= 4 is 43.5 Å². The summed E-state index contributed by atoms with van der Waals surface area (Å²) in [7, 11) is 0. The summed E-state index contributed by atoms with van der Waals surface area (Å²) < 4.78 is 1.88. The summed E-state index contributed by atoms with van der Waals surface area (Å²) in [5.41, 5.74) is 5.01. The van der Waals surface area contributed by atoms with Crippen molar-refractivity contribution in [3.05, 3.63) is 68.6 Å². The van der Waals surface area contributed by atoms with Crippen LogP contribution in [-0.2, 0) is 0 Å². The van der Waals surface area contributed by atoms with E-state index in [0.717, 1.165) is 26.6 Å². The maximum atomic E-state index is 12.1. The fourth-order valence-corrected chi connectivity index (χ4v) is 2.47. The van der Waals surface area contributed by atoms with E-state index in [0.29, 0.717) is 5.56 Å². The lowest BCUT2D eigenvalue weighted by molar-refractivity contribution is 0.0954. The van der Waals surface area contributed by atoms with Gasteiger partial charge in [0.05, 0.1) is 5.71 Å². The second kappa shape index (κ2) is 7.52. The number of hydrogen-bond donors (Lipinski definition) is 1. The second-order valence-electron chi connectivity index (χ2n) is 4.37. The SMILES string of the molecule is CC/C(=N/NC(=O)c1cccc(Br)c1)c1ccc(Br)cc1. The molecule has 0 fully saturated rings. The first kappa shape index (κ1) is 15.9. The van der Waals surface area contributed by atoms with Gasteiger partial charge in [-0.3, -0.25) is 4.79 Å². The number of nitrogens with zero attached hydrogens (tertiary/aromatic N) is 1. The molecule has 2 rings (SSSR count). The predicted octanol–water partition coefficient (Wildman–Crippen LogP) is 4.76. The summed E-state index contributed by atoms with van der Waals surface area (Å²) in [5.74, 6) is -0.223. The normalized spacial score (nSPS) is 11.3. The first-order valence-corrected chi connectivity index (χ1v) is 8.07. The molecule has 5 heteroatoms. The molecule has 0 atom stereocenters. The van der Waals surface area contributed by atoms with Crippen LogP contribution >= 0.6 is 31.9 Å². The maximum Gasteiger partial charge on any atom is 0.271 e. The molecule has 3 nitrogen and oxygen atoms in total. The van der Waals surface area contributed by atoms with E-state index in [1.165, 1.54) is 0 Å². The zero-order valence-electron chi connectivity index (χ0n) is 11.4. The van der Waals surface area contributed by atoms with Crippen molar-refractivity contribution in [1.82, 2.24) is 5.43 Å². The number of hydrogen-bond acceptors (Lipinski definition) is 2. The Bertz CT molecular complexity index is 666. The summed E-state index contributed by atoms with van der Waals surface area (Å²) in [5, 5.41) is 4.23. The van der Waals surface area contributed by atoms with Crippen LogP contribution in [0.1, 0.15) is 29.3 Å². The standard InChI is InChI=1S/C16H14Br2N2O/c1-2-15(11-6-8-13(17)9-7-11)19-20-16(21)12-4-3-5-14(18)10-12/h3-10H,2H2,1H3,(H,20,21)/b19-15-. The maximum absolute atomic E-state index is 12.1. The molecule has 1 N–H and O–H groups in total. The Kier molecular flexibility index (Phi) is 5.70. The fourth-order valence-electron chi connectivity index (χ4n) is 1.80. The van der Waals surface area contributed by atoms with Crippen molar-refractivity contribution in [3.63, 3.8) is 0 Å². The van der Waals surface area contributed by atoms with Crippen molar-refractivity contribution in [2.45, 2.75) is 13.3 Å². The summed E-state index contributed by atoms with van der Waals surface area (Å²) in [6.07, 6.45) is 0.737. The predicted molar refractivity (Wildman–Crippen MR) is 92.6 cm³/mol. The minimum atomic E-state index is -0.223. The van der Waals surface area contributed by atoms with Gasteiger partial charge >= 0.3 is 0 Å². The lowest BCUT2D eigenvalue weighted by atomic mass is 10.1. The van der Waals surface area contributed by atoms with Gasteiger partial charge < -0.3 is 0 Å². The van der Waals surface area contributed by atoms with E-state index in [2.05, 4.69) is 42.4 Å². The highest BCUT2D eigenvalue weighted by atomic mass is 79.9. The van der Waals surface area contributed by atoms with Crippen LogP contribution in [0.3, 0.4) is 0 Å². The molecule has 21 heavy (non-hydrogen) atoms. The quantitative estimate of drug-likeness (QED) is 0.574. The van der Waals surface area contributed by atoms with Crippen LogP contribution in [0.4, 0.5) is 0 Å². The Hall–Kier alpha value is -1.46. The Balaban J connectivity index is 2.14. The summed E-state index contributed by atoms with van der Waals surface area (Å²) in [6, 6.07) is 15.1. The summed E-state index contributed by atoms with van der Waals surface area (Å²) >= 11 is 6.75. The molecule has 0 aliphatic rings. The van der Waals surface area contributed by atoms with E-state index in [-0.39, 0.29) is 5.91 Å². The third kappa shape index (κ3) is 4.51. The third-order valence-corrected chi connectivity index (χ3v) is 3.91. The lowest BCUT2D eigenvalue weighted by Gasteiger charge is -2.06. The molecule has 1 amide bonds. The molecule has 0 bridgehead atoms. The van der Waals surface area contributed by atoms with Crippen molar-refractivity contribution in [2.75, 3.05) is 0 Å². The number of carbonyl (C=O) groups excluding carboxylic acids is 1. The third-order valence-electron chi connectivity index (χ3n) is 2.89. The van der Waals surface area contributed by atoms with E-state index >= 15 is 0 Å². The van der Waals surface area contributed by atoms with Gasteiger partial charge in [0, 0.05) is 14.5 Å². The van der Waals surface area contributed by atoms with Gasteiger partial charge in [-0.1, -0.05) is 57.0 Å². The fraction of sp³-hybridized carbons (Fsp3) is 0.125. The zero-order chi connectivity index (χ0) is 15.2. The molecule has 0 aliphatic heterocycles. The van der Waals surface area contributed by atoms with Gasteiger partial charge in [0.15, 0.2) is 0 Å². The number of amides is 1. The summed E-state index contributed by atoms with van der Waals surface area (Å²) in [6.45, 7) is 2.01. The Morgan fingerprint density at radius 3 is 2.38 bits per heavy atom. The molecule has 0 saturated carbocycles. The van der Waals surface area contributed by atoms with Gasteiger partial charge in [-0.2, -0.15) is 5.10 Å². The molecule has 0 aromatic heterocycles. The van der Waals surface area contributed by atoms with Gasteiger partial charge in [-0.25, -0.2) is 5.43 Å². The van der Waals surface area contributed by atoms with Crippen LogP contribution in [0, 0.1) is 0 Å². The Morgan fingerprint density at radius 2 is 1.76 bits per heavy atom. The minimum Gasteiger partial charge on any atom is -0.267 e. The van der Waals surface area contributed by atoms with Crippen LogP contribution in [0.2, 0.25) is 0 Å². The lowest BCUT2D eigenvalue weighted by Crippen LogP contribution is -2.19. The topological polar surface area (TPSA) is 41.5 Å². The van der Waals surface area contributed by atoms with Crippen LogP contribution < -0.4 is 5.43 Å². The molecule has 0 radical (unpaired) electrons.